The summed E-state index contributed by atoms with van der Waals surface area (Å²) in [5.41, 5.74) is 6.18. The van der Waals surface area contributed by atoms with Crippen molar-refractivity contribution in [3.8, 4) is 0 Å². The minimum absolute atomic E-state index is 0.360. The zero-order chi connectivity index (χ0) is 15.9. The van der Waals surface area contributed by atoms with Crippen LogP contribution in [-0.4, -0.2) is 30.4 Å². The Morgan fingerprint density at radius 1 is 1.14 bits per heavy atom. The van der Waals surface area contributed by atoms with Gasteiger partial charge in [0.15, 0.2) is 0 Å². The number of piperidine rings is 1. The van der Waals surface area contributed by atoms with Crippen LogP contribution in [0.3, 0.4) is 0 Å². The molecule has 1 heterocycles. The molecule has 3 heteroatoms. The Morgan fingerprint density at radius 2 is 1.71 bits per heavy atom. The fourth-order valence-corrected chi connectivity index (χ4v) is 3.68. The first-order valence-electron chi connectivity index (χ1n) is 8.95. The minimum Gasteiger partial charge on any atom is -0.343 e. The second-order valence-electron chi connectivity index (χ2n) is 7.21. The third kappa shape index (κ3) is 5.28. The molecule has 0 radical (unpaired) electrons. The number of carbonyl (C=O) groups is 1. The van der Waals surface area contributed by atoms with Crippen molar-refractivity contribution >= 4 is 5.91 Å². The zero-order valence-corrected chi connectivity index (χ0v) is 14.7. The fourth-order valence-electron chi connectivity index (χ4n) is 3.68. The van der Waals surface area contributed by atoms with E-state index in [0.29, 0.717) is 29.6 Å². The smallest absolute Gasteiger partial charge is 0.222 e. The van der Waals surface area contributed by atoms with Gasteiger partial charge in [0.2, 0.25) is 5.91 Å². The zero-order valence-electron chi connectivity index (χ0n) is 14.7. The van der Waals surface area contributed by atoms with Crippen LogP contribution in [-0.2, 0) is 4.79 Å². The molecule has 1 aliphatic rings. The molecule has 0 aromatic rings. The first kappa shape index (κ1) is 18.5. The van der Waals surface area contributed by atoms with Crippen LogP contribution in [0.25, 0.3) is 0 Å². The summed E-state index contributed by atoms with van der Waals surface area (Å²) in [6.45, 7) is 11.7. The molecular weight excluding hydrogens is 260 g/mol. The average molecular weight is 296 g/mol. The van der Waals surface area contributed by atoms with E-state index in [-0.39, 0.29) is 0 Å². The van der Waals surface area contributed by atoms with Gasteiger partial charge in [-0.25, -0.2) is 0 Å². The molecule has 2 N–H and O–H groups in total. The summed E-state index contributed by atoms with van der Waals surface area (Å²) in [6, 6.07) is 0. The summed E-state index contributed by atoms with van der Waals surface area (Å²) >= 11 is 0. The van der Waals surface area contributed by atoms with Crippen molar-refractivity contribution in [3.05, 3.63) is 0 Å². The SMILES string of the molecule is CCC1(CC)CCN(C(=O)CCC(CCN)C(C)C)CC1. The standard InChI is InChI=1S/C18H36N2O/c1-5-18(6-2)10-13-20(14-11-18)17(21)8-7-16(9-12-19)15(3)4/h15-16H,5-14,19H2,1-4H3. The van der Waals surface area contributed by atoms with Crippen molar-refractivity contribution in [1.29, 1.82) is 0 Å². The molecule has 1 rings (SSSR count). The lowest BCUT2D eigenvalue weighted by molar-refractivity contribution is -0.134. The second-order valence-corrected chi connectivity index (χ2v) is 7.21. The lowest BCUT2D eigenvalue weighted by atomic mass is 9.74. The molecular formula is C18H36N2O. The van der Waals surface area contributed by atoms with Gasteiger partial charge in [-0.2, -0.15) is 0 Å². The van der Waals surface area contributed by atoms with E-state index in [1.54, 1.807) is 0 Å². The van der Waals surface area contributed by atoms with E-state index in [0.717, 1.165) is 32.5 Å². The molecule has 1 fully saturated rings. The molecule has 1 aliphatic heterocycles. The highest BCUT2D eigenvalue weighted by Crippen LogP contribution is 2.38. The van der Waals surface area contributed by atoms with Gasteiger partial charge in [-0.3, -0.25) is 4.79 Å². The fraction of sp³-hybridized carbons (Fsp3) is 0.944. The van der Waals surface area contributed by atoms with Crippen LogP contribution in [0, 0.1) is 17.3 Å². The lowest BCUT2D eigenvalue weighted by Gasteiger charge is -2.41. The van der Waals surface area contributed by atoms with Gasteiger partial charge in [0.05, 0.1) is 0 Å². The van der Waals surface area contributed by atoms with Gasteiger partial charge in [0.1, 0.15) is 0 Å². The van der Waals surface area contributed by atoms with Crippen molar-refractivity contribution in [2.45, 2.75) is 72.6 Å². The normalized spacial score (nSPS) is 19.8. The predicted octanol–water partition coefficient (Wildman–Crippen LogP) is 3.82. The van der Waals surface area contributed by atoms with Gasteiger partial charge in [0.25, 0.3) is 0 Å². The first-order chi connectivity index (χ1) is 9.98. The molecule has 1 atom stereocenters. The van der Waals surface area contributed by atoms with E-state index >= 15 is 0 Å². The predicted molar refractivity (Wildman–Crippen MR) is 90.1 cm³/mol. The first-order valence-corrected chi connectivity index (χ1v) is 8.95. The molecule has 0 saturated carbocycles. The summed E-state index contributed by atoms with van der Waals surface area (Å²) in [5.74, 6) is 1.57. The maximum absolute atomic E-state index is 12.4. The van der Waals surface area contributed by atoms with Crippen molar-refractivity contribution in [2.75, 3.05) is 19.6 Å². The van der Waals surface area contributed by atoms with Gasteiger partial charge >= 0.3 is 0 Å². The van der Waals surface area contributed by atoms with Crippen molar-refractivity contribution in [2.24, 2.45) is 23.0 Å². The number of nitrogens with two attached hydrogens (primary N) is 1. The molecule has 1 amide bonds. The number of rotatable bonds is 8. The maximum Gasteiger partial charge on any atom is 0.222 e. The number of likely N-dealkylation sites (tertiary alicyclic amines) is 1. The highest BCUT2D eigenvalue weighted by Gasteiger charge is 2.32. The highest BCUT2D eigenvalue weighted by molar-refractivity contribution is 5.76. The monoisotopic (exact) mass is 296 g/mol. The summed E-state index contributed by atoms with van der Waals surface area (Å²) < 4.78 is 0. The van der Waals surface area contributed by atoms with Gasteiger partial charge in [-0.15, -0.1) is 0 Å². The van der Waals surface area contributed by atoms with Crippen LogP contribution >= 0.6 is 0 Å². The largest absolute Gasteiger partial charge is 0.343 e. The van der Waals surface area contributed by atoms with Crippen LogP contribution in [0.1, 0.15) is 72.6 Å². The van der Waals surface area contributed by atoms with E-state index in [9.17, 15) is 4.79 Å². The number of carbonyl (C=O) groups excluding carboxylic acids is 1. The van der Waals surface area contributed by atoms with Crippen LogP contribution in [0.2, 0.25) is 0 Å². The van der Waals surface area contributed by atoms with Crippen LogP contribution in [0.4, 0.5) is 0 Å². The Bertz CT molecular complexity index is 300. The molecule has 0 aromatic heterocycles. The number of nitrogens with zero attached hydrogens (tertiary/aromatic N) is 1. The highest BCUT2D eigenvalue weighted by atomic mass is 16.2. The molecule has 0 bridgehead atoms. The van der Waals surface area contributed by atoms with Gasteiger partial charge in [-0.1, -0.05) is 40.5 Å². The number of hydrogen-bond acceptors (Lipinski definition) is 2. The summed E-state index contributed by atoms with van der Waals surface area (Å²) in [4.78, 5) is 14.5. The van der Waals surface area contributed by atoms with Crippen LogP contribution in [0.15, 0.2) is 0 Å². The molecule has 124 valence electrons. The molecule has 1 unspecified atom stereocenters. The lowest BCUT2D eigenvalue weighted by Crippen LogP contribution is -2.42. The molecule has 0 aliphatic carbocycles. The summed E-state index contributed by atoms with van der Waals surface area (Å²) in [5, 5.41) is 0. The molecule has 0 aromatic carbocycles. The van der Waals surface area contributed by atoms with Gasteiger partial charge in [-0.05, 0) is 49.5 Å². The van der Waals surface area contributed by atoms with Gasteiger partial charge < -0.3 is 10.6 Å². The molecule has 1 saturated heterocycles. The van der Waals surface area contributed by atoms with Crippen molar-refractivity contribution < 1.29 is 4.79 Å². The number of hydrogen-bond donors (Lipinski definition) is 1. The van der Waals surface area contributed by atoms with E-state index in [1.807, 2.05) is 0 Å². The minimum atomic E-state index is 0.360. The Morgan fingerprint density at radius 3 is 2.14 bits per heavy atom. The van der Waals surface area contributed by atoms with E-state index < -0.39 is 0 Å². The third-order valence-electron chi connectivity index (χ3n) is 5.89. The van der Waals surface area contributed by atoms with E-state index in [1.165, 1.54) is 25.7 Å². The van der Waals surface area contributed by atoms with Crippen LogP contribution in [0.5, 0.6) is 0 Å². The average Bonchev–Trinajstić information content (AvgIpc) is 2.50. The van der Waals surface area contributed by atoms with Crippen molar-refractivity contribution in [1.82, 2.24) is 4.90 Å². The second kappa shape index (κ2) is 8.77. The summed E-state index contributed by atoms with van der Waals surface area (Å²) in [6.07, 6.45) is 7.60. The van der Waals surface area contributed by atoms with E-state index in [4.69, 9.17) is 5.73 Å². The third-order valence-corrected chi connectivity index (χ3v) is 5.89. The Labute approximate surface area is 131 Å². The number of amides is 1. The maximum atomic E-state index is 12.4. The Balaban J connectivity index is 2.40. The molecule has 3 nitrogen and oxygen atoms in total. The quantitative estimate of drug-likeness (QED) is 0.740. The Hall–Kier alpha value is -0.570. The molecule has 0 spiro atoms. The van der Waals surface area contributed by atoms with Gasteiger partial charge in [0, 0.05) is 19.5 Å². The molecule has 21 heavy (non-hydrogen) atoms. The van der Waals surface area contributed by atoms with E-state index in [2.05, 4.69) is 32.6 Å². The van der Waals surface area contributed by atoms with Crippen LogP contribution < -0.4 is 5.73 Å². The summed E-state index contributed by atoms with van der Waals surface area (Å²) in [7, 11) is 0. The Kier molecular flexibility index (Phi) is 7.72. The van der Waals surface area contributed by atoms with Crippen molar-refractivity contribution in [3.63, 3.8) is 0 Å². The topological polar surface area (TPSA) is 46.3 Å².